The van der Waals surface area contributed by atoms with E-state index < -0.39 is 11.5 Å². The van der Waals surface area contributed by atoms with Crippen molar-refractivity contribution in [1.82, 2.24) is 39.8 Å². The maximum absolute atomic E-state index is 13.4. The second-order valence-electron chi connectivity index (χ2n) is 17.3. The minimum Gasteiger partial charge on any atom is -0.464 e. The molecule has 340 valence electrons. The molecule has 2 fully saturated rings. The number of rotatable bonds is 16. The van der Waals surface area contributed by atoms with Crippen molar-refractivity contribution < 1.29 is 23.9 Å². The summed E-state index contributed by atoms with van der Waals surface area (Å²) in [6.07, 6.45) is 6.74. The highest BCUT2D eigenvalue weighted by Gasteiger charge is 2.31. The van der Waals surface area contributed by atoms with Crippen LogP contribution in [0.2, 0.25) is 0 Å². The molecule has 0 radical (unpaired) electrons. The number of carbonyl (C=O) groups excluding carboxylic acids is 3. The van der Waals surface area contributed by atoms with Crippen molar-refractivity contribution >= 4 is 73.5 Å². The van der Waals surface area contributed by atoms with Gasteiger partial charge in [-0.1, -0.05) is 24.3 Å². The number of nitrogens with one attached hydrogen (secondary N) is 4. The average molecular weight is 892 g/mol. The predicted molar refractivity (Wildman–Crippen MR) is 254 cm³/mol. The van der Waals surface area contributed by atoms with Gasteiger partial charge in [-0.05, 0) is 98.6 Å². The van der Waals surface area contributed by atoms with Crippen LogP contribution in [0, 0.1) is 0 Å². The molecular formula is C49H53N11O6. The number of benzene rings is 3. The van der Waals surface area contributed by atoms with Gasteiger partial charge in [0.2, 0.25) is 23.7 Å². The van der Waals surface area contributed by atoms with E-state index in [1.165, 1.54) is 10.9 Å². The quantitative estimate of drug-likeness (QED) is 0.0451. The Kier molecular flexibility index (Phi) is 12.4. The summed E-state index contributed by atoms with van der Waals surface area (Å²) in [5.41, 5.74) is 3.68. The lowest BCUT2D eigenvalue weighted by molar-refractivity contribution is -0.134. The lowest BCUT2D eigenvalue weighted by Gasteiger charge is -2.36. The molecule has 9 rings (SSSR count). The molecule has 2 saturated heterocycles. The van der Waals surface area contributed by atoms with Crippen LogP contribution in [0.25, 0.3) is 38.6 Å². The van der Waals surface area contributed by atoms with Gasteiger partial charge in [-0.2, -0.15) is 4.98 Å². The van der Waals surface area contributed by atoms with Crippen LogP contribution in [-0.4, -0.2) is 97.9 Å². The molecule has 4 aromatic heterocycles. The Labute approximate surface area is 380 Å². The van der Waals surface area contributed by atoms with E-state index >= 15 is 0 Å². The minimum atomic E-state index is -1.18. The van der Waals surface area contributed by atoms with Gasteiger partial charge in [0.1, 0.15) is 16.6 Å². The first-order valence-electron chi connectivity index (χ1n) is 22.4. The number of furan rings is 1. The van der Waals surface area contributed by atoms with Crippen LogP contribution >= 0.6 is 0 Å². The Morgan fingerprint density at radius 2 is 1.77 bits per heavy atom. The zero-order chi connectivity index (χ0) is 46.0. The smallest absolute Gasteiger partial charge is 0.278 e. The Morgan fingerprint density at radius 1 is 0.970 bits per heavy atom. The van der Waals surface area contributed by atoms with E-state index in [2.05, 4.69) is 59.7 Å². The summed E-state index contributed by atoms with van der Waals surface area (Å²) in [7, 11) is 0. The van der Waals surface area contributed by atoms with E-state index in [4.69, 9.17) is 9.40 Å². The van der Waals surface area contributed by atoms with Crippen molar-refractivity contribution in [3.8, 4) is 5.82 Å². The third-order valence-corrected chi connectivity index (χ3v) is 12.3. The van der Waals surface area contributed by atoms with Crippen molar-refractivity contribution in [3.05, 3.63) is 120 Å². The number of aromatic nitrogens is 5. The van der Waals surface area contributed by atoms with Gasteiger partial charge in [0.15, 0.2) is 11.5 Å². The zero-order valence-corrected chi connectivity index (χ0v) is 37.0. The number of piperazine rings is 1. The first-order valence-corrected chi connectivity index (χ1v) is 22.4. The van der Waals surface area contributed by atoms with Gasteiger partial charge in [0, 0.05) is 86.3 Å². The summed E-state index contributed by atoms with van der Waals surface area (Å²) in [5, 5.41) is 25.9. The number of amides is 3. The van der Waals surface area contributed by atoms with Gasteiger partial charge in [0.05, 0.1) is 24.4 Å². The lowest BCUT2D eigenvalue weighted by Crippen LogP contribution is -2.47. The van der Waals surface area contributed by atoms with Crippen molar-refractivity contribution in [2.45, 2.75) is 57.6 Å². The number of fused-ring (bicyclic) bond motifs is 4. The van der Waals surface area contributed by atoms with Crippen molar-refractivity contribution in [2.75, 3.05) is 61.3 Å². The van der Waals surface area contributed by atoms with E-state index in [0.717, 1.165) is 77.9 Å². The second-order valence-corrected chi connectivity index (χ2v) is 17.3. The van der Waals surface area contributed by atoms with Crippen molar-refractivity contribution in [1.29, 1.82) is 0 Å². The van der Waals surface area contributed by atoms with Crippen LogP contribution in [0.4, 0.5) is 23.0 Å². The number of imide groups is 1. The van der Waals surface area contributed by atoms with Gasteiger partial charge in [-0.25, -0.2) is 19.3 Å². The van der Waals surface area contributed by atoms with E-state index in [1.807, 2.05) is 42.5 Å². The number of carbonyl (C=O) groups is 3. The molecule has 6 heterocycles. The molecule has 1 atom stereocenters. The van der Waals surface area contributed by atoms with Gasteiger partial charge in [-0.3, -0.25) is 29.4 Å². The van der Waals surface area contributed by atoms with Crippen LogP contribution in [-0.2, 0) is 26.5 Å². The second kappa shape index (κ2) is 18.6. The topological polar surface area (TPSA) is 205 Å². The highest BCUT2D eigenvalue weighted by molar-refractivity contribution is 6.11. The molecule has 5 N–H and O–H groups in total. The van der Waals surface area contributed by atoms with E-state index in [-0.39, 0.29) is 29.8 Å². The first kappa shape index (κ1) is 43.9. The molecule has 0 bridgehead atoms. The summed E-state index contributed by atoms with van der Waals surface area (Å²) >= 11 is 0. The Morgan fingerprint density at radius 3 is 2.55 bits per heavy atom. The predicted octanol–water partition coefficient (Wildman–Crippen LogP) is 5.68. The van der Waals surface area contributed by atoms with Crippen molar-refractivity contribution in [3.63, 3.8) is 0 Å². The number of anilines is 4. The number of piperidine rings is 1. The van der Waals surface area contributed by atoms with Gasteiger partial charge in [-0.15, -0.1) is 6.58 Å². The molecular weight excluding hydrogens is 839 g/mol. The SMILES string of the molecule is C=CCn1c(=O)c2cnc(Nc3ccc(N4CCN(CCCNC(=O)CCNc5ccc6c(ccc7occ(C8CCC(=O)NC8=O)c76)c5)CC4)cc3)nc2n1-c1cccc(C(C)(C)O)n1. The number of hydrogen-bond acceptors (Lipinski definition) is 13. The fourth-order valence-electron chi connectivity index (χ4n) is 8.79. The van der Waals surface area contributed by atoms with Gasteiger partial charge < -0.3 is 30.4 Å². The summed E-state index contributed by atoms with van der Waals surface area (Å²) in [5.74, 6) is -0.214. The van der Waals surface area contributed by atoms with Crippen LogP contribution in [0.15, 0.2) is 107 Å². The Bertz CT molecular complexity index is 3010. The fourth-order valence-corrected chi connectivity index (χ4v) is 8.79. The molecule has 66 heavy (non-hydrogen) atoms. The van der Waals surface area contributed by atoms with Gasteiger partial charge >= 0.3 is 0 Å². The monoisotopic (exact) mass is 891 g/mol. The number of hydrogen-bond donors (Lipinski definition) is 5. The zero-order valence-electron chi connectivity index (χ0n) is 37.0. The lowest BCUT2D eigenvalue weighted by atomic mass is 9.89. The average Bonchev–Trinajstić information content (AvgIpc) is 3.86. The maximum atomic E-state index is 13.4. The molecule has 2 aliphatic heterocycles. The molecule has 2 aliphatic rings. The van der Waals surface area contributed by atoms with Crippen LogP contribution in [0.3, 0.4) is 0 Å². The minimum absolute atomic E-state index is 0.000952. The molecule has 1 unspecified atom stereocenters. The van der Waals surface area contributed by atoms with Crippen LogP contribution < -0.4 is 31.7 Å². The first-order chi connectivity index (χ1) is 31.9. The Balaban J connectivity index is 0.719. The highest BCUT2D eigenvalue weighted by atomic mass is 16.3. The molecule has 0 aliphatic carbocycles. The molecule has 0 saturated carbocycles. The number of aliphatic hydroxyl groups is 1. The largest absolute Gasteiger partial charge is 0.464 e. The molecule has 3 aromatic carbocycles. The maximum Gasteiger partial charge on any atom is 0.278 e. The standard InChI is InChI=1S/C49H53N11O6/c1-4-22-59-47(64)37-29-52-48(56-45(37)60(59)41-8-5-7-40(54-41)49(2,3)65)53-32-10-13-34(14-11-32)58-26-24-57(25-27-58)23-6-20-51-42(61)19-21-50-33-12-15-35-31(28-33)9-17-39-44(35)38(30-66-39)36-16-18-43(62)55-46(36)63/h4-5,7-15,17,28-30,36,50,65H,1,6,16,18-27H2,2-3H3,(H,51,61)(H,52,53,56)(H,55,62,63). The fraction of sp³-hybridized carbons (Fsp3) is 0.327. The van der Waals surface area contributed by atoms with E-state index in [0.29, 0.717) is 66.4 Å². The molecule has 0 spiro atoms. The van der Waals surface area contributed by atoms with E-state index in [9.17, 15) is 24.3 Å². The van der Waals surface area contributed by atoms with Crippen LogP contribution in [0.5, 0.6) is 0 Å². The van der Waals surface area contributed by atoms with E-state index in [1.54, 1.807) is 49.1 Å². The third kappa shape index (κ3) is 9.25. The van der Waals surface area contributed by atoms with Crippen molar-refractivity contribution in [2.24, 2.45) is 0 Å². The Hall–Kier alpha value is -7.37. The molecule has 3 amide bonds. The number of pyridine rings is 1. The third-order valence-electron chi connectivity index (χ3n) is 12.3. The molecule has 17 heteroatoms. The normalized spacial score (nSPS) is 15.9. The van der Waals surface area contributed by atoms with Gasteiger partial charge in [0.25, 0.3) is 5.56 Å². The summed E-state index contributed by atoms with van der Waals surface area (Å²) < 4.78 is 8.94. The molecule has 7 aromatic rings. The number of nitrogens with zero attached hydrogens (tertiary/aromatic N) is 7. The van der Waals surface area contributed by atoms with Crippen LogP contribution in [0.1, 0.15) is 56.7 Å². The summed E-state index contributed by atoms with van der Waals surface area (Å²) in [6, 6.07) is 23.3. The number of allylic oxidation sites excluding steroid dienone is 1. The summed E-state index contributed by atoms with van der Waals surface area (Å²) in [4.78, 5) is 69.1. The summed E-state index contributed by atoms with van der Waals surface area (Å²) in [6.45, 7) is 13.0. The molecule has 17 nitrogen and oxygen atoms in total. The highest BCUT2D eigenvalue weighted by Crippen LogP contribution is 2.37.